The highest BCUT2D eigenvalue weighted by Crippen LogP contribution is 2.37. The van der Waals surface area contributed by atoms with E-state index in [1.165, 1.54) is 30.3 Å². The Morgan fingerprint density at radius 3 is 2.55 bits per heavy atom. The van der Waals surface area contributed by atoms with Gasteiger partial charge in [-0.1, -0.05) is 35.3 Å². The van der Waals surface area contributed by atoms with Crippen molar-refractivity contribution >= 4 is 58.2 Å². The molecule has 1 aliphatic rings. The summed E-state index contributed by atoms with van der Waals surface area (Å²) in [4.78, 5) is 37.1. The van der Waals surface area contributed by atoms with Crippen LogP contribution in [0.15, 0.2) is 41.3 Å². The Hall–Kier alpha value is -2.55. The van der Waals surface area contributed by atoms with Gasteiger partial charge in [-0.25, -0.2) is 4.39 Å². The van der Waals surface area contributed by atoms with Gasteiger partial charge in [0.1, 0.15) is 19.0 Å². The largest absolute Gasteiger partial charge is 0.486 e. The SMILES string of the molecule is CCOC(=O)CN1C(=O)S/C(=C/c2cc(Cl)c(OCc3cccc(F)c3)c(Cl)c2)C1=O. The van der Waals surface area contributed by atoms with E-state index in [1.807, 2.05) is 0 Å². The number of rotatable bonds is 7. The summed E-state index contributed by atoms with van der Waals surface area (Å²) in [6, 6.07) is 8.97. The fraction of sp³-hybridized carbons (Fsp3) is 0.190. The van der Waals surface area contributed by atoms with Crippen LogP contribution in [0.5, 0.6) is 5.75 Å². The molecule has 1 aliphatic heterocycles. The zero-order valence-electron chi connectivity index (χ0n) is 16.2. The quantitative estimate of drug-likeness (QED) is 0.392. The molecule has 2 aromatic rings. The van der Waals surface area contributed by atoms with Crippen LogP contribution < -0.4 is 4.74 Å². The zero-order chi connectivity index (χ0) is 22.5. The molecule has 0 radical (unpaired) electrons. The van der Waals surface area contributed by atoms with Gasteiger partial charge in [0.15, 0.2) is 5.75 Å². The Balaban J connectivity index is 1.75. The van der Waals surface area contributed by atoms with E-state index in [4.69, 9.17) is 32.7 Å². The third kappa shape index (κ3) is 5.78. The van der Waals surface area contributed by atoms with Crippen LogP contribution in [0.3, 0.4) is 0 Å². The highest BCUT2D eigenvalue weighted by Gasteiger charge is 2.36. The van der Waals surface area contributed by atoms with Crippen molar-refractivity contribution in [1.82, 2.24) is 4.90 Å². The summed E-state index contributed by atoms with van der Waals surface area (Å²) in [5, 5.41) is -0.210. The van der Waals surface area contributed by atoms with Gasteiger partial charge >= 0.3 is 5.97 Å². The van der Waals surface area contributed by atoms with E-state index in [2.05, 4.69) is 0 Å². The lowest BCUT2D eigenvalue weighted by molar-refractivity contribution is -0.145. The maximum absolute atomic E-state index is 13.3. The van der Waals surface area contributed by atoms with Crippen molar-refractivity contribution in [3.63, 3.8) is 0 Å². The van der Waals surface area contributed by atoms with E-state index in [0.29, 0.717) is 22.9 Å². The predicted molar refractivity (Wildman–Crippen MR) is 117 cm³/mol. The third-order valence-corrected chi connectivity index (χ3v) is 5.53. The van der Waals surface area contributed by atoms with Crippen LogP contribution in [0.4, 0.5) is 9.18 Å². The smallest absolute Gasteiger partial charge is 0.326 e. The molecular formula is C21H16Cl2FNO5S. The maximum atomic E-state index is 13.3. The molecule has 1 saturated heterocycles. The summed E-state index contributed by atoms with van der Waals surface area (Å²) >= 11 is 13.2. The molecule has 0 bridgehead atoms. The molecule has 2 aromatic carbocycles. The van der Waals surface area contributed by atoms with E-state index in [0.717, 1.165) is 4.90 Å². The molecule has 0 aliphatic carbocycles. The normalized spacial score (nSPS) is 15.0. The fourth-order valence-corrected chi connectivity index (χ4v) is 4.16. The number of halogens is 3. The molecule has 31 heavy (non-hydrogen) atoms. The number of hydrogen-bond donors (Lipinski definition) is 0. The van der Waals surface area contributed by atoms with E-state index in [9.17, 15) is 18.8 Å². The zero-order valence-corrected chi connectivity index (χ0v) is 18.5. The van der Waals surface area contributed by atoms with Gasteiger partial charge < -0.3 is 9.47 Å². The lowest BCUT2D eigenvalue weighted by atomic mass is 10.2. The second kappa shape index (κ2) is 10.2. The first-order valence-corrected chi connectivity index (χ1v) is 10.6. The molecule has 3 rings (SSSR count). The topological polar surface area (TPSA) is 72.9 Å². The Labute approximate surface area is 191 Å². The molecule has 0 saturated carbocycles. The van der Waals surface area contributed by atoms with Crippen molar-refractivity contribution in [2.75, 3.05) is 13.2 Å². The Bertz CT molecular complexity index is 1050. The Morgan fingerprint density at radius 2 is 1.90 bits per heavy atom. The average Bonchev–Trinajstić information content (AvgIpc) is 2.95. The van der Waals surface area contributed by atoms with E-state index < -0.39 is 23.7 Å². The number of amides is 2. The van der Waals surface area contributed by atoms with Crippen LogP contribution in [0, 0.1) is 5.82 Å². The van der Waals surface area contributed by atoms with Gasteiger partial charge in [0.05, 0.1) is 21.6 Å². The molecule has 0 unspecified atom stereocenters. The molecule has 0 atom stereocenters. The Morgan fingerprint density at radius 1 is 1.19 bits per heavy atom. The molecule has 162 valence electrons. The summed E-state index contributed by atoms with van der Waals surface area (Å²) < 4.78 is 23.7. The molecule has 0 N–H and O–H groups in total. The van der Waals surface area contributed by atoms with Crippen LogP contribution in [-0.2, 0) is 20.9 Å². The summed E-state index contributed by atoms with van der Waals surface area (Å²) in [5.74, 6) is -1.45. The van der Waals surface area contributed by atoms with Crippen molar-refractivity contribution in [3.05, 3.63) is 68.3 Å². The molecule has 10 heteroatoms. The molecule has 1 fully saturated rings. The van der Waals surface area contributed by atoms with Gasteiger partial charge in [-0.2, -0.15) is 0 Å². The second-order valence-corrected chi connectivity index (χ2v) is 8.11. The number of thioether (sulfide) groups is 1. The number of imide groups is 1. The van der Waals surface area contributed by atoms with Gasteiger partial charge in [0.2, 0.25) is 0 Å². The fourth-order valence-electron chi connectivity index (χ4n) is 2.71. The summed E-state index contributed by atoms with van der Waals surface area (Å²) in [7, 11) is 0. The van der Waals surface area contributed by atoms with Gasteiger partial charge in [0, 0.05) is 0 Å². The second-order valence-electron chi connectivity index (χ2n) is 6.31. The first-order chi connectivity index (χ1) is 14.8. The minimum atomic E-state index is -0.670. The number of ether oxygens (including phenoxy) is 2. The number of carbonyl (C=O) groups excluding carboxylic acids is 3. The van der Waals surface area contributed by atoms with Crippen LogP contribution in [0.2, 0.25) is 10.0 Å². The third-order valence-electron chi connectivity index (χ3n) is 4.06. The highest BCUT2D eigenvalue weighted by atomic mass is 35.5. The first-order valence-electron chi connectivity index (χ1n) is 9.05. The van der Waals surface area contributed by atoms with Crippen molar-refractivity contribution in [3.8, 4) is 5.75 Å². The lowest BCUT2D eigenvalue weighted by Crippen LogP contribution is -2.34. The molecule has 0 spiro atoms. The van der Waals surface area contributed by atoms with Crippen molar-refractivity contribution < 1.29 is 28.2 Å². The lowest BCUT2D eigenvalue weighted by Gasteiger charge is -2.12. The van der Waals surface area contributed by atoms with E-state index in [1.54, 1.807) is 19.1 Å². The minimum Gasteiger partial charge on any atom is -0.486 e. The first kappa shape index (κ1) is 23.1. The predicted octanol–water partition coefficient (Wildman–Crippen LogP) is 5.31. The van der Waals surface area contributed by atoms with Gasteiger partial charge in [-0.15, -0.1) is 0 Å². The standard InChI is InChI=1S/C21H16Cl2FNO5S/c1-2-29-18(26)10-25-20(27)17(31-21(25)28)9-13-7-15(22)19(16(23)8-13)30-11-12-4-3-5-14(24)6-12/h3-9H,2,10-11H2,1H3/b17-9+. The summed E-state index contributed by atoms with van der Waals surface area (Å²) in [6.07, 6.45) is 1.45. The van der Waals surface area contributed by atoms with Crippen LogP contribution in [0.25, 0.3) is 6.08 Å². The number of carbonyl (C=O) groups is 3. The Kier molecular flexibility index (Phi) is 7.59. The van der Waals surface area contributed by atoms with Crippen LogP contribution >= 0.6 is 35.0 Å². The van der Waals surface area contributed by atoms with Crippen molar-refractivity contribution in [1.29, 1.82) is 0 Å². The average molecular weight is 484 g/mol. The number of hydrogen-bond acceptors (Lipinski definition) is 6. The molecule has 6 nitrogen and oxygen atoms in total. The molecule has 0 aromatic heterocycles. The highest BCUT2D eigenvalue weighted by molar-refractivity contribution is 8.18. The molecule has 2 amide bonds. The van der Waals surface area contributed by atoms with Gasteiger partial charge in [-0.3, -0.25) is 19.3 Å². The van der Waals surface area contributed by atoms with E-state index in [-0.39, 0.29) is 39.7 Å². The van der Waals surface area contributed by atoms with Crippen LogP contribution in [0.1, 0.15) is 18.1 Å². The maximum Gasteiger partial charge on any atom is 0.326 e. The summed E-state index contributed by atoms with van der Waals surface area (Å²) in [6.45, 7) is 1.38. The van der Waals surface area contributed by atoms with Crippen molar-refractivity contribution in [2.24, 2.45) is 0 Å². The van der Waals surface area contributed by atoms with E-state index >= 15 is 0 Å². The monoisotopic (exact) mass is 483 g/mol. The van der Waals surface area contributed by atoms with Crippen LogP contribution in [-0.4, -0.2) is 35.2 Å². The van der Waals surface area contributed by atoms with Gasteiger partial charge in [-0.05, 0) is 60.2 Å². The summed E-state index contributed by atoms with van der Waals surface area (Å²) in [5.41, 5.74) is 1.07. The van der Waals surface area contributed by atoms with Gasteiger partial charge in [0.25, 0.3) is 11.1 Å². The molecule has 1 heterocycles. The number of esters is 1. The minimum absolute atomic E-state index is 0.0588. The number of nitrogens with zero attached hydrogens (tertiary/aromatic N) is 1. The number of benzene rings is 2. The van der Waals surface area contributed by atoms with Crippen molar-refractivity contribution in [2.45, 2.75) is 13.5 Å². The molecular weight excluding hydrogens is 468 g/mol.